The first kappa shape index (κ1) is 21.1. The van der Waals surface area contributed by atoms with Crippen molar-refractivity contribution in [2.75, 3.05) is 33.0 Å². The Bertz CT molecular complexity index is 364. The van der Waals surface area contributed by atoms with Gasteiger partial charge in [-0.2, -0.15) is 0 Å². The highest BCUT2D eigenvalue weighted by Crippen LogP contribution is 2.24. The molecule has 140 valence electrons. The number of Topliss-reactive ketones (excluding diaryl/α,β-unsaturated/α-hetero) is 1. The zero-order valence-electron chi connectivity index (χ0n) is 15.3. The first-order chi connectivity index (χ1) is 11.5. The van der Waals surface area contributed by atoms with Crippen molar-refractivity contribution in [3.63, 3.8) is 0 Å². The molecule has 0 spiro atoms. The Morgan fingerprint density at radius 3 is 2.12 bits per heavy atom. The van der Waals surface area contributed by atoms with Crippen molar-refractivity contribution in [3.8, 4) is 0 Å². The maximum Gasteiger partial charge on any atom is 0.222 e. The zero-order valence-corrected chi connectivity index (χ0v) is 15.3. The number of carbonyl (C=O) groups is 2. The van der Waals surface area contributed by atoms with Crippen molar-refractivity contribution >= 4 is 11.7 Å². The predicted molar refractivity (Wildman–Crippen MR) is 91.9 cm³/mol. The summed E-state index contributed by atoms with van der Waals surface area (Å²) >= 11 is 0. The van der Waals surface area contributed by atoms with Gasteiger partial charge in [0.05, 0.1) is 39.1 Å². The predicted octanol–water partition coefficient (Wildman–Crippen LogP) is 2.10. The molecule has 0 bridgehead atoms. The molecule has 0 radical (unpaired) electrons. The molecule has 1 fully saturated rings. The Kier molecular flexibility index (Phi) is 10.9. The van der Waals surface area contributed by atoms with Crippen molar-refractivity contribution in [2.24, 2.45) is 5.92 Å². The first-order valence-electron chi connectivity index (χ1n) is 9.06. The molecule has 1 aliphatic carbocycles. The molecule has 0 aliphatic heterocycles. The van der Waals surface area contributed by atoms with Crippen LogP contribution in [0.3, 0.4) is 0 Å². The third-order valence-electron chi connectivity index (χ3n) is 4.19. The van der Waals surface area contributed by atoms with Crippen LogP contribution in [0.15, 0.2) is 0 Å². The number of nitrogens with one attached hydrogen (secondary N) is 1. The monoisotopic (exact) mass is 343 g/mol. The maximum absolute atomic E-state index is 11.9. The van der Waals surface area contributed by atoms with Crippen molar-refractivity contribution in [1.82, 2.24) is 5.32 Å². The van der Waals surface area contributed by atoms with E-state index in [2.05, 4.69) is 5.32 Å². The van der Waals surface area contributed by atoms with Gasteiger partial charge >= 0.3 is 0 Å². The van der Waals surface area contributed by atoms with Crippen LogP contribution in [0.5, 0.6) is 0 Å². The summed E-state index contributed by atoms with van der Waals surface area (Å²) in [7, 11) is 0. The lowest BCUT2D eigenvalue weighted by Gasteiger charge is -2.27. The maximum atomic E-state index is 11.9. The third-order valence-corrected chi connectivity index (χ3v) is 4.19. The summed E-state index contributed by atoms with van der Waals surface area (Å²) in [5, 5.41) is 3.03. The average molecular weight is 343 g/mol. The molecule has 0 aromatic carbocycles. The van der Waals surface area contributed by atoms with Gasteiger partial charge in [-0.3, -0.25) is 9.59 Å². The first-order valence-corrected chi connectivity index (χ1v) is 9.06. The molecule has 1 aliphatic rings. The lowest BCUT2D eigenvalue weighted by Crippen LogP contribution is -2.38. The summed E-state index contributed by atoms with van der Waals surface area (Å²) < 4.78 is 16.1. The van der Waals surface area contributed by atoms with Crippen LogP contribution in [-0.2, 0) is 23.8 Å². The summed E-state index contributed by atoms with van der Waals surface area (Å²) in [5.74, 6) is 0.478. The van der Waals surface area contributed by atoms with Gasteiger partial charge in [0.25, 0.3) is 0 Å². The molecule has 6 nitrogen and oxygen atoms in total. The van der Waals surface area contributed by atoms with E-state index in [1.807, 2.05) is 13.8 Å². The van der Waals surface area contributed by atoms with E-state index in [0.29, 0.717) is 39.5 Å². The fourth-order valence-electron chi connectivity index (χ4n) is 2.77. The fraction of sp³-hybridized carbons (Fsp3) is 0.889. The summed E-state index contributed by atoms with van der Waals surface area (Å²) in [6, 6.07) is 0.206. The Morgan fingerprint density at radius 2 is 1.54 bits per heavy atom. The van der Waals surface area contributed by atoms with Gasteiger partial charge in [0.2, 0.25) is 5.91 Å². The van der Waals surface area contributed by atoms with E-state index >= 15 is 0 Å². The van der Waals surface area contributed by atoms with E-state index in [9.17, 15) is 9.59 Å². The van der Waals surface area contributed by atoms with Crippen molar-refractivity contribution in [1.29, 1.82) is 0 Å². The van der Waals surface area contributed by atoms with E-state index in [1.54, 1.807) is 6.92 Å². The van der Waals surface area contributed by atoms with Crippen LogP contribution in [0.1, 0.15) is 52.9 Å². The van der Waals surface area contributed by atoms with Crippen LogP contribution in [0.2, 0.25) is 0 Å². The van der Waals surface area contributed by atoms with Crippen LogP contribution in [0, 0.1) is 5.92 Å². The van der Waals surface area contributed by atoms with Crippen LogP contribution < -0.4 is 5.32 Å². The van der Waals surface area contributed by atoms with Gasteiger partial charge in [0.1, 0.15) is 5.78 Å². The Morgan fingerprint density at radius 1 is 0.958 bits per heavy atom. The smallest absolute Gasteiger partial charge is 0.222 e. The van der Waals surface area contributed by atoms with Crippen molar-refractivity contribution in [2.45, 2.75) is 65.0 Å². The van der Waals surface area contributed by atoms with Gasteiger partial charge in [0, 0.05) is 18.4 Å². The summed E-state index contributed by atoms with van der Waals surface area (Å²) in [4.78, 5) is 23.2. The molecule has 1 N–H and O–H groups in total. The van der Waals surface area contributed by atoms with Gasteiger partial charge in [-0.15, -0.1) is 0 Å². The number of ketones is 1. The molecule has 1 rings (SSSR count). The molecule has 0 saturated heterocycles. The van der Waals surface area contributed by atoms with Gasteiger partial charge in [0.15, 0.2) is 0 Å². The topological polar surface area (TPSA) is 73.9 Å². The standard InChI is InChI=1S/C18H33NO5/c1-14(2)24-13-12-23-11-10-22-9-8-18(21)19-17-6-4-16(5-7-17)15(3)20/h14,16-17H,4-13H2,1-3H3,(H,19,21). The van der Waals surface area contributed by atoms with Crippen molar-refractivity contribution < 1.29 is 23.8 Å². The minimum atomic E-state index is 0.0209. The Hall–Kier alpha value is -0.980. The number of hydrogen-bond acceptors (Lipinski definition) is 5. The SMILES string of the molecule is CC(=O)C1CCC(NC(=O)CCOCCOCCOC(C)C)CC1. The van der Waals surface area contributed by atoms with Crippen LogP contribution in [0.25, 0.3) is 0 Å². The fourth-order valence-corrected chi connectivity index (χ4v) is 2.77. The molecule has 6 heteroatoms. The number of carbonyl (C=O) groups excluding carboxylic acids is 2. The number of amides is 1. The van der Waals surface area contributed by atoms with E-state index in [-0.39, 0.29) is 29.8 Å². The molecule has 0 unspecified atom stereocenters. The summed E-state index contributed by atoms with van der Waals surface area (Å²) in [6.45, 7) is 8.18. The van der Waals surface area contributed by atoms with Gasteiger partial charge in [-0.05, 0) is 46.5 Å². The van der Waals surface area contributed by atoms with E-state index < -0.39 is 0 Å². The van der Waals surface area contributed by atoms with Crippen LogP contribution in [-0.4, -0.2) is 56.9 Å². The second kappa shape index (κ2) is 12.4. The summed E-state index contributed by atoms with van der Waals surface area (Å²) in [5.41, 5.74) is 0. The second-order valence-electron chi connectivity index (χ2n) is 6.62. The molecule has 0 heterocycles. The highest BCUT2D eigenvalue weighted by molar-refractivity contribution is 5.78. The minimum absolute atomic E-state index is 0.0209. The van der Waals surface area contributed by atoms with Crippen LogP contribution >= 0.6 is 0 Å². The molecular weight excluding hydrogens is 310 g/mol. The van der Waals surface area contributed by atoms with E-state index in [0.717, 1.165) is 25.7 Å². The normalized spacial score (nSPS) is 21.0. The zero-order chi connectivity index (χ0) is 17.8. The average Bonchev–Trinajstić information content (AvgIpc) is 2.53. The highest BCUT2D eigenvalue weighted by atomic mass is 16.5. The van der Waals surface area contributed by atoms with Gasteiger partial charge in [-0.1, -0.05) is 0 Å². The largest absolute Gasteiger partial charge is 0.379 e. The number of hydrogen-bond donors (Lipinski definition) is 1. The molecule has 0 aromatic heterocycles. The quantitative estimate of drug-likeness (QED) is 0.549. The lowest BCUT2D eigenvalue weighted by molar-refractivity contribution is -0.123. The molecule has 1 amide bonds. The molecular formula is C18H33NO5. The minimum Gasteiger partial charge on any atom is -0.379 e. The van der Waals surface area contributed by atoms with E-state index in [1.165, 1.54) is 0 Å². The molecule has 24 heavy (non-hydrogen) atoms. The molecule has 0 aromatic rings. The van der Waals surface area contributed by atoms with Gasteiger partial charge in [-0.25, -0.2) is 0 Å². The Balaban J connectivity index is 1.93. The lowest BCUT2D eigenvalue weighted by atomic mass is 9.84. The second-order valence-corrected chi connectivity index (χ2v) is 6.62. The summed E-state index contributed by atoms with van der Waals surface area (Å²) in [6.07, 6.45) is 4.14. The van der Waals surface area contributed by atoms with E-state index in [4.69, 9.17) is 14.2 Å². The molecule has 0 atom stereocenters. The Labute approximate surface area is 145 Å². The van der Waals surface area contributed by atoms with Crippen molar-refractivity contribution in [3.05, 3.63) is 0 Å². The van der Waals surface area contributed by atoms with Crippen LogP contribution in [0.4, 0.5) is 0 Å². The third kappa shape index (κ3) is 10.0. The molecule has 1 saturated carbocycles. The number of rotatable bonds is 12. The highest BCUT2D eigenvalue weighted by Gasteiger charge is 2.24. The number of ether oxygens (including phenoxy) is 3. The van der Waals surface area contributed by atoms with Gasteiger partial charge < -0.3 is 19.5 Å².